The average Bonchev–Trinajstić information content (AvgIpc) is 3.23. The third kappa shape index (κ3) is 3.93. The van der Waals surface area contributed by atoms with Crippen molar-refractivity contribution in [3.8, 4) is 0 Å². The molecule has 0 saturated carbocycles. The minimum atomic E-state index is -3.44. The average molecular weight is 387 g/mol. The maximum atomic E-state index is 12.4. The van der Waals surface area contributed by atoms with E-state index in [4.69, 9.17) is 0 Å². The summed E-state index contributed by atoms with van der Waals surface area (Å²) < 4.78 is 27.9. The van der Waals surface area contributed by atoms with Crippen LogP contribution in [0.3, 0.4) is 0 Å². The van der Waals surface area contributed by atoms with Crippen LogP contribution in [0.5, 0.6) is 0 Å². The van der Waals surface area contributed by atoms with Crippen LogP contribution in [0.2, 0.25) is 0 Å². The largest absolute Gasteiger partial charge is 0.337 e. The minimum Gasteiger partial charge on any atom is -0.337 e. The van der Waals surface area contributed by atoms with E-state index in [9.17, 15) is 13.2 Å². The van der Waals surface area contributed by atoms with E-state index in [0.717, 1.165) is 24.2 Å². The smallest absolute Gasteiger partial charge is 0.236 e. The van der Waals surface area contributed by atoms with Crippen molar-refractivity contribution in [2.45, 2.75) is 25.4 Å². The number of likely N-dealkylation sites (tertiary alicyclic amines) is 1. The van der Waals surface area contributed by atoms with Gasteiger partial charge in [-0.05, 0) is 18.1 Å². The molecule has 1 amide bonds. The minimum absolute atomic E-state index is 0.0274. The molecule has 1 aromatic carbocycles. The monoisotopic (exact) mass is 387 g/mol. The molecule has 2 saturated heterocycles. The summed E-state index contributed by atoms with van der Waals surface area (Å²) in [5.41, 5.74) is 1.58. The summed E-state index contributed by atoms with van der Waals surface area (Å²) in [6, 6.07) is 9.30. The van der Waals surface area contributed by atoms with E-state index in [0.29, 0.717) is 26.1 Å². The predicted molar refractivity (Wildman–Crippen MR) is 99.7 cm³/mol. The molecule has 142 valence electrons. The topological polar surface area (TPSA) is 88.4 Å². The zero-order valence-corrected chi connectivity index (χ0v) is 15.6. The number of hydrogen-bond donors (Lipinski definition) is 0. The first-order chi connectivity index (χ1) is 13.0. The van der Waals surface area contributed by atoms with Crippen molar-refractivity contribution in [2.24, 2.45) is 0 Å². The number of carbonyl (C=O) groups excluding carboxylic acids is 1. The first-order valence-corrected chi connectivity index (χ1v) is 10.4. The zero-order chi connectivity index (χ0) is 18.9. The van der Waals surface area contributed by atoms with Gasteiger partial charge in [0.05, 0.1) is 18.8 Å². The van der Waals surface area contributed by atoms with Crippen molar-refractivity contribution in [3.63, 3.8) is 0 Å². The van der Waals surface area contributed by atoms with E-state index in [2.05, 4.69) is 10.3 Å². The molecule has 9 heteroatoms. The van der Waals surface area contributed by atoms with Crippen molar-refractivity contribution < 1.29 is 13.2 Å². The lowest BCUT2D eigenvalue weighted by atomic mass is 10.2. The summed E-state index contributed by atoms with van der Waals surface area (Å²) in [5, 5.41) is 9.46. The van der Waals surface area contributed by atoms with Crippen LogP contribution in [0.4, 0.5) is 0 Å². The quantitative estimate of drug-likeness (QED) is 0.745. The molecule has 0 unspecified atom stereocenters. The van der Waals surface area contributed by atoms with E-state index in [1.807, 2.05) is 30.3 Å². The Morgan fingerprint density at radius 3 is 2.67 bits per heavy atom. The number of carbonyl (C=O) groups is 1. The maximum absolute atomic E-state index is 12.4. The van der Waals surface area contributed by atoms with Crippen molar-refractivity contribution in [3.05, 3.63) is 53.2 Å². The molecular weight excluding hydrogens is 366 g/mol. The molecular formula is C18H21N5O3S. The van der Waals surface area contributed by atoms with Crippen LogP contribution in [-0.4, -0.2) is 58.2 Å². The Morgan fingerprint density at radius 2 is 1.96 bits per heavy atom. The molecule has 27 heavy (non-hydrogen) atoms. The van der Waals surface area contributed by atoms with Gasteiger partial charge in [0.2, 0.25) is 15.9 Å². The third-order valence-electron chi connectivity index (χ3n) is 4.88. The summed E-state index contributed by atoms with van der Waals surface area (Å²) in [7, 11) is -3.44. The number of sulfonamides is 1. The summed E-state index contributed by atoms with van der Waals surface area (Å²) in [6.07, 6.45) is 4.89. The van der Waals surface area contributed by atoms with Crippen LogP contribution >= 0.6 is 0 Å². The van der Waals surface area contributed by atoms with Gasteiger partial charge in [0.15, 0.2) is 0 Å². The second-order valence-corrected chi connectivity index (χ2v) is 8.66. The number of rotatable bonds is 6. The number of hydrogen-bond acceptors (Lipinski definition) is 5. The van der Waals surface area contributed by atoms with Gasteiger partial charge in [0, 0.05) is 31.5 Å². The van der Waals surface area contributed by atoms with Gasteiger partial charge >= 0.3 is 0 Å². The lowest BCUT2D eigenvalue weighted by Gasteiger charge is -2.36. The number of nitrogens with zero attached hydrogens (tertiary/aromatic N) is 5. The van der Waals surface area contributed by atoms with E-state index in [1.165, 1.54) is 9.71 Å². The SMILES string of the molecule is O=C1CCCN1Cc1cn(C2CN(S(=O)(=O)C=Cc3ccccc3)C2)nn1. The van der Waals surface area contributed by atoms with Crippen molar-refractivity contribution in [2.75, 3.05) is 19.6 Å². The molecule has 0 radical (unpaired) electrons. The molecule has 0 spiro atoms. The Kier molecular flexibility index (Phi) is 4.79. The molecule has 0 aliphatic carbocycles. The molecule has 0 bridgehead atoms. The molecule has 2 aliphatic heterocycles. The van der Waals surface area contributed by atoms with Crippen LogP contribution in [0.15, 0.2) is 41.9 Å². The molecule has 0 atom stereocenters. The van der Waals surface area contributed by atoms with E-state index < -0.39 is 10.0 Å². The van der Waals surface area contributed by atoms with E-state index >= 15 is 0 Å². The Morgan fingerprint density at radius 1 is 1.19 bits per heavy atom. The first kappa shape index (κ1) is 17.9. The molecule has 2 aliphatic rings. The molecule has 1 aromatic heterocycles. The van der Waals surface area contributed by atoms with Gasteiger partial charge in [-0.3, -0.25) is 4.79 Å². The Hall–Kier alpha value is -2.52. The highest BCUT2D eigenvalue weighted by atomic mass is 32.2. The number of amides is 1. The normalized spacial score (nSPS) is 19.1. The van der Waals surface area contributed by atoms with Crippen molar-refractivity contribution in [1.29, 1.82) is 0 Å². The molecule has 3 heterocycles. The van der Waals surface area contributed by atoms with Gasteiger partial charge in [-0.1, -0.05) is 35.5 Å². The highest BCUT2D eigenvalue weighted by molar-refractivity contribution is 7.92. The Labute approximate surface area is 158 Å². The van der Waals surface area contributed by atoms with E-state index in [-0.39, 0.29) is 11.9 Å². The zero-order valence-electron chi connectivity index (χ0n) is 14.8. The van der Waals surface area contributed by atoms with Crippen molar-refractivity contribution in [1.82, 2.24) is 24.2 Å². The predicted octanol–water partition coefficient (Wildman–Crippen LogP) is 1.26. The van der Waals surface area contributed by atoms with Crippen LogP contribution in [-0.2, 0) is 21.4 Å². The first-order valence-electron chi connectivity index (χ1n) is 8.93. The summed E-state index contributed by atoms with van der Waals surface area (Å²) >= 11 is 0. The standard InChI is InChI=1S/C18H21N5O3S/c24-18-7-4-9-21(18)11-16-12-23(20-19-16)17-13-22(14-17)27(25,26)10-8-15-5-2-1-3-6-15/h1-3,5-6,8,10,12,17H,4,7,9,11,13-14H2. The fraction of sp³-hybridized carbons (Fsp3) is 0.389. The molecule has 2 fully saturated rings. The highest BCUT2D eigenvalue weighted by Gasteiger charge is 2.36. The van der Waals surface area contributed by atoms with Gasteiger partial charge in [-0.25, -0.2) is 13.1 Å². The van der Waals surface area contributed by atoms with Crippen LogP contribution in [0.25, 0.3) is 6.08 Å². The molecule has 0 N–H and O–H groups in total. The molecule has 8 nitrogen and oxygen atoms in total. The Bertz CT molecular complexity index is 948. The van der Waals surface area contributed by atoms with Crippen LogP contribution in [0, 0.1) is 0 Å². The van der Waals surface area contributed by atoms with Gasteiger partial charge in [-0.2, -0.15) is 4.31 Å². The summed E-state index contributed by atoms with van der Waals surface area (Å²) in [6.45, 7) is 1.96. The van der Waals surface area contributed by atoms with Crippen molar-refractivity contribution >= 4 is 22.0 Å². The van der Waals surface area contributed by atoms with Gasteiger partial charge in [-0.15, -0.1) is 5.10 Å². The summed E-state index contributed by atoms with van der Waals surface area (Å²) in [4.78, 5) is 13.5. The summed E-state index contributed by atoms with van der Waals surface area (Å²) in [5.74, 6) is 0.149. The van der Waals surface area contributed by atoms with Crippen LogP contribution < -0.4 is 0 Å². The second-order valence-electron chi connectivity index (χ2n) is 6.84. The lowest BCUT2D eigenvalue weighted by Crippen LogP contribution is -2.50. The number of aromatic nitrogens is 3. The fourth-order valence-electron chi connectivity index (χ4n) is 3.24. The maximum Gasteiger partial charge on any atom is 0.236 e. The lowest BCUT2D eigenvalue weighted by molar-refractivity contribution is -0.128. The Balaban J connectivity index is 1.34. The second kappa shape index (κ2) is 7.24. The van der Waals surface area contributed by atoms with Gasteiger partial charge < -0.3 is 4.90 Å². The van der Waals surface area contributed by atoms with E-state index in [1.54, 1.807) is 21.9 Å². The van der Waals surface area contributed by atoms with Crippen LogP contribution in [0.1, 0.15) is 30.1 Å². The molecule has 4 rings (SSSR count). The molecule has 2 aromatic rings. The highest BCUT2D eigenvalue weighted by Crippen LogP contribution is 2.25. The third-order valence-corrected chi connectivity index (χ3v) is 6.37. The fourth-order valence-corrected chi connectivity index (χ4v) is 4.50. The van der Waals surface area contributed by atoms with Gasteiger partial charge in [0.1, 0.15) is 5.69 Å². The van der Waals surface area contributed by atoms with Gasteiger partial charge in [0.25, 0.3) is 0 Å². The number of benzene rings is 1.